The molecule has 1 heterocycles. The second-order valence-corrected chi connectivity index (χ2v) is 10.1. The van der Waals surface area contributed by atoms with Crippen LogP contribution >= 0.6 is 0 Å². The maximum absolute atomic E-state index is 12.9. The Balaban J connectivity index is 1.62. The maximum atomic E-state index is 12.9. The van der Waals surface area contributed by atoms with Gasteiger partial charge in [-0.05, 0) is 73.7 Å². The van der Waals surface area contributed by atoms with Crippen LogP contribution in [0.4, 0.5) is 0 Å². The molecule has 7 nitrogen and oxygen atoms in total. The molecule has 0 bridgehead atoms. The van der Waals surface area contributed by atoms with Crippen molar-refractivity contribution in [2.75, 3.05) is 26.7 Å². The molecule has 2 aliphatic rings. The first kappa shape index (κ1) is 26.6. The number of nitrogens with zero attached hydrogens (tertiary/aromatic N) is 1. The molecule has 0 radical (unpaired) electrons. The summed E-state index contributed by atoms with van der Waals surface area (Å²) in [5.74, 6) is 0.136. The van der Waals surface area contributed by atoms with Gasteiger partial charge in [0.15, 0.2) is 0 Å². The first-order valence-corrected chi connectivity index (χ1v) is 12.7. The number of aromatic hydroxyl groups is 1. The minimum absolute atomic E-state index is 0.0482. The van der Waals surface area contributed by atoms with Crippen molar-refractivity contribution in [2.24, 2.45) is 0 Å². The van der Waals surface area contributed by atoms with Crippen molar-refractivity contribution < 1.29 is 24.2 Å². The van der Waals surface area contributed by atoms with Gasteiger partial charge in [0, 0.05) is 44.7 Å². The summed E-state index contributed by atoms with van der Waals surface area (Å²) >= 11 is 0. The number of methoxy groups -OCH3 is 1. The summed E-state index contributed by atoms with van der Waals surface area (Å²) in [7, 11) is 1.78. The molecule has 0 spiro atoms. The molecule has 1 amide bonds. The molecule has 0 aromatic heterocycles. The van der Waals surface area contributed by atoms with Crippen LogP contribution in [0, 0.1) is 0 Å². The third-order valence-electron chi connectivity index (χ3n) is 7.77. The average molecular weight is 505 g/mol. The minimum Gasteiger partial charge on any atom is -0.508 e. The number of ether oxygens (including phenoxy) is 2. The molecular weight excluding hydrogens is 468 g/mol. The zero-order chi connectivity index (χ0) is 26.5. The van der Waals surface area contributed by atoms with Crippen molar-refractivity contribution in [3.05, 3.63) is 78.4 Å². The van der Waals surface area contributed by atoms with Crippen molar-refractivity contribution in [3.63, 3.8) is 0 Å². The Morgan fingerprint density at radius 3 is 2.76 bits per heavy atom. The highest BCUT2D eigenvalue weighted by molar-refractivity contribution is 5.92. The highest BCUT2D eigenvalue weighted by Gasteiger charge is 2.58. The van der Waals surface area contributed by atoms with Gasteiger partial charge in [-0.25, -0.2) is 0 Å². The highest BCUT2D eigenvalue weighted by atomic mass is 16.5. The number of likely N-dealkylation sites (tertiary alicyclic amines) is 1. The number of benzene rings is 2. The van der Waals surface area contributed by atoms with Crippen LogP contribution in [0.2, 0.25) is 0 Å². The zero-order valence-corrected chi connectivity index (χ0v) is 21.6. The Hall–Kier alpha value is -3.42. The summed E-state index contributed by atoms with van der Waals surface area (Å²) in [4.78, 5) is 26.9. The van der Waals surface area contributed by atoms with Crippen LogP contribution < -0.4 is 10.1 Å². The molecule has 3 atom stereocenters. The highest BCUT2D eigenvalue weighted by Crippen LogP contribution is 2.53. The standard InChI is InChI=1S/C30H36N2O5/c1-4-16-32-17-15-29(24-8-6-10-27(19-24)37-22(2)33)20-25(13-14-30(29,21-32)36-3)31-28(35)12-11-23-7-5-9-26(34)18-23/h4-12,18-19,25,34H,1,13-17,20-21H2,2-3H3,(H,31,35). The largest absolute Gasteiger partial charge is 0.508 e. The van der Waals surface area contributed by atoms with Gasteiger partial charge in [0.2, 0.25) is 5.91 Å². The van der Waals surface area contributed by atoms with E-state index in [4.69, 9.17) is 9.47 Å². The third kappa shape index (κ3) is 5.78. The van der Waals surface area contributed by atoms with Gasteiger partial charge in [0.1, 0.15) is 11.5 Å². The van der Waals surface area contributed by atoms with Crippen molar-refractivity contribution in [3.8, 4) is 11.5 Å². The van der Waals surface area contributed by atoms with E-state index in [1.165, 1.54) is 13.0 Å². The van der Waals surface area contributed by atoms with Crippen LogP contribution in [0.1, 0.15) is 43.7 Å². The molecule has 2 N–H and O–H groups in total. The molecule has 196 valence electrons. The molecule has 1 aliphatic carbocycles. The topological polar surface area (TPSA) is 88.1 Å². The van der Waals surface area contributed by atoms with Gasteiger partial charge in [-0.3, -0.25) is 14.5 Å². The molecule has 1 saturated heterocycles. The van der Waals surface area contributed by atoms with Crippen LogP contribution in [-0.4, -0.2) is 60.3 Å². The summed E-state index contributed by atoms with van der Waals surface area (Å²) in [6.45, 7) is 7.72. The molecule has 2 aromatic rings. The molecule has 2 fully saturated rings. The molecule has 7 heteroatoms. The SMILES string of the molecule is C=CCN1CCC2(c3cccc(OC(C)=O)c3)CC(NC(=O)C=Cc3cccc(O)c3)CCC2(OC)C1. The number of piperidine rings is 1. The molecule has 1 saturated carbocycles. The maximum Gasteiger partial charge on any atom is 0.308 e. The summed E-state index contributed by atoms with van der Waals surface area (Å²) in [5, 5.41) is 12.9. The van der Waals surface area contributed by atoms with Gasteiger partial charge in [-0.1, -0.05) is 30.3 Å². The Labute approximate surface area is 218 Å². The predicted octanol–water partition coefficient (Wildman–Crippen LogP) is 4.21. The van der Waals surface area contributed by atoms with E-state index in [1.807, 2.05) is 24.3 Å². The number of hydrogen-bond donors (Lipinski definition) is 2. The fourth-order valence-electron chi connectivity index (χ4n) is 6.13. The van der Waals surface area contributed by atoms with Crippen LogP contribution in [0.15, 0.2) is 67.3 Å². The number of fused-ring (bicyclic) bond motifs is 1. The van der Waals surface area contributed by atoms with E-state index in [1.54, 1.807) is 37.5 Å². The van der Waals surface area contributed by atoms with Crippen LogP contribution in [0.5, 0.6) is 11.5 Å². The van der Waals surface area contributed by atoms with E-state index >= 15 is 0 Å². The average Bonchev–Trinajstić information content (AvgIpc) is 2.87. The van der Waals surface area contributed by atoms with Crippen LogP contribution in [-0.2, 0) is 19.7 Å². The number of nitrogens with one attached hydrogen (secondary N) is 1. The van der Waals surface area contributed by atoms with Gasteiger partial charge in [-0.15, -0.1) is 6.58 Å². The van der Waals surface area contributed by atoms with Crippen molar-refractivity contribution >= 4 is 18.0 Å². The predicted molar refractivity (Wildman–Crippen MR) is 143 cm³/mol. The summed E-state index contributed by atoms with van der Waals surface area (Å²) in [6.07, 6.45) is 8.23. The number of esters is 1. The second kappa shape index (κ2) is 11.3. The number of amides is 1. The number of carbonyl (C=O) groups excluding carboxylic acids is 2. The molecule has 37 heavy (non-hydrogen) atoms. The fourth-order valence-corrected chi connectivity index (χ4v) is 6.13. The van der Waals surface area contributed by atoms with Crippen molar-refractivity contribution in [1.29, 1.82) is 0 Å². The lowest BCUT2D eigenvalue weighted by atomic mass is 9.55. The first-order chi connectivity index (χ1) is 17.8. The smallest absolute Gasteiger partial charge is 0.308 e. The molecular formula is C30H36N2O5. The van der Waals surface area contributed by atoms with Gasteiger partial charge in [0.05, 0.1) is 5.60 Å². The van der Waals surface area contributed by atoms with E-state index in [-0.39, 0.29) is 29.1 Å². The van der Waals surface area contributed by atoms with Crippen LogP contribution in [0.3, 0.4) is 0 Å². The van der Waals surface area contributed by atoms with E-state index in [9.17, 15) is 14.7 Å². The molecule has 4 rings (SSSR count). The second-order valence-electron chi connectivity index (χ2n) is 10.1. The fraction of sp³-hybridized carbons (Fsp3) is 0.400. The van der Waals surface area contributed by atoms with Crippen molar-refractivity contribution in [2.45, 2.75) is 49.7 Å². The summed E-state index contributed by atoms with van der Waals surface area (Å²) in [6, 6.07) is 14.5. The number of carbonyl (C=O) groups is 2. The van der Waals surface area contributed by atoms with Gasteiger partial charge in [-0.2, -0.15) is 0 Å². The molecule has 1 aliphatic heterocycles. The van der Waals surface area contributed by atoms with Gasteiger partial charge < -0.3 is 19.9 Å². The number of phenolic OH excluding ortho intramolecular Hbond substituents is 1. The van der Waals surface area contributed by atoms with E-state index in [0.717, 1.165) is 50.0 Å². The quantitative estimate of drug-likeness (QED) is 0.242. The van der Waals surface area contributed by atoms with Crippen molar-refractivity contribution in [1.82, 2.24) is 10.2 Å². The Morgan fingerprint density at radius 1 is 1.22 bits per heavy atom. The first-order valence-electron chi connectivity index (χ1n) is 12.7. The monoisotopic (exact) mass is 504 g/mol. The molecule has 2 aromatic carbocycles. The van der Waals surface area contributed by atoms with E-state index < -0.39 is 5.60 Å². The van der Waals surface area contributed by atoms with Gasteiger partial charge in [0.25, 0.3) is 0 Å². The van der Waals surface area contributed by atoms with Crippen LogP contribution in [0.25, 0.3) is 6.08 Å². The summed E-state index contributed by atoms with van der Waals surface area (Å²) in [5.41, 5.74) is 0.980. The Bertz CT molecular complexity index is 1180. The van der Waals surface area contributed by atoms with Gasteiger partial charge >= 0.3 is 5.97 Å². The van der Waals surface area contributed by atoms with E-state index in [2.05, 4.69) is 22.9 Å². The minimum atomic E-state index is -0.457. The normalized spacial score (nSPS) is 25.8. The molecule has 3 unspecified atom stereocenters. The third-order valence-corrected chi connectivity index (χ3v) is 7.77. The number of hydrogen-bond acceptors (Lipinski definition) is 6. The number of phenols is 1. The summed E-state index contributed by atoms with van der Waals surface area (Å²) < 4.78 is 11.8. The lowest BCUT2D eigenvalue weighted by Crippen LogP contribution is -2.67. The Morgan fingerprint density at radius 2 is 2.03 bits per heavy atom. The number of rotatable bonds is 8. The van der Waals surface area contributed by atoms with E-state index in [0.29, 0.717) is 12.2 Å². The lowest BCUT2D eigenvalue weighted by Gasteiger charge is -2.59. The Kier molecular flexibility index (Phi) is 8.15. The lowest BCUT2D eigenvalue weighted by molar-refractivity contribution is -0.149. The zero-order valence-electron chi connectivity index (χ0n) is 21.6.